The van der Waals surface area contributed by atoms with Crippen molar-refractivity contribution in [1.29, 1.82) is 0 Å². The van der Waals surface area contributed by atoms with E-state index >= 15 is 0 Å². The smallest absolute Gasteiger partial charge is 0.0779 e. The minimum absolute atomic E-state index is 0. The maximum atomic E-state index is 3.81. The minimum Gasteiger partial charge on any atom is -1.00 e. The Morgan fingerprint density at radius 2 is 1.45 bits per heavy atom. The molecule has 0 aliphatic heterocycles. The maximum absolute atomic E-state index is 3.81. The van der Waals surface area contributed by atoms with E-state index in [9.17, 15) is 0 Å². The van der Waals surface area contributed by atoms with Crippen LogP contribution in [0.15, 0.2) is 54.6 Å². The summed E-state index contributed by atoms with van der Waals surface area (Å²) in [5.74, 6) is 0.732. The third-order valence-corrected chi connectivity index (χ3v) is 15.7. The van der Waals surface area contributed by atoms with Crippen molar-refractivity contribution in [2.24, 2.45) is 5.92 Å². The molecule has 0 aromatic heterocycles. The summed E-state index contributed by atoms with van der Waals surface area (Å²) in [7, 11) is -2.40. The van der Waals surface area contributed by atoms with Crippen LogP contribution in [-0.4, -0.2) is 19.4 Å². The number of hydrogen-bond donors (Lipinski definition) is 0. The molecule has 44 heavy (non-hydrogen) atoms. The number of aryl methyl sites for hydroxylation is 1. The van der Waals surface area contributed by atoms with E-state index in [1.165, 1.54) is 71.9 Å². The minimum atomic E-state index is -1.31. The van der Waals surface area contributed by atoms with Crippen LogP contribution in [0.4, 0.5) is 0 Å². The van der Waals surface area contributed by atoms with Gasteiger partial charge in [-0.25, -0.2) is 12.1 Å². The van der Waals surface area contributed by atoms with Crippen LogP contribution in [0.25, 0.3) is 11.1 Å². The van der Waals surface area contributed by atoms with Gasteiger partial charge in [-0.3, -0.25) is 0 Å². The van der Waals surface area contributed by atoms with E-state index in [-0.39, 0.29) is 24.8 Å². The van der Waals surface area contributed by atoms with Crippen molar-refractivity contribution in [2.45, 2.75) is 131 Å². The van der Waals surface area contributed by atoms with Gasteiger partial charge in [-0.05, 0) is 36.8 Å². The molecule has 0 saturated heterocycles. The first-order valence-corrected chi connectivity index (χ1v) is 24.9. The largest absolute Gasteiger partial charge is 1.00 e. The van der Waals surface area contributed by atoms with Crippen LogP contribution < -0.4 is 30.0 Å². The number of fused-ring (bicyclic) bond motifs is 3. The molecular weight excluding hydrogens is 687 g/mol. The van der Waals surface area contributed by atoms with E-state index in [0.29, 0.717) is 0 Å². The first-order chi connectivity index (χ1) is 19.7. The molecule has 5 heteroatoms. The molecule has 0 radical (unpaired) electrons. The van der Waals surface area contributed by atoms with E-state index in [4.69, 9.17) is 0 Å². The van der Waals surface area contributed by atoms with E-state index in [1.807, 2.05) is 30.3 Å². The summed E-state index contributed by atoms with van der Waals surface area (Å²) in [5.41, 5.74) is 9.54. The van der Waals surface area contributed by atoms with Gasteiger partial charge < -0.3 is 24.8 Å². The SMILES string of the molecule is CCCC[C](=[Zr+2])CCCC.Cc1cc2c(cc1[Si](C)(C)C)-c1ccc(CC(C)C(C)[Si](C)(C)C)[c-]c1C2.[Cl-].[Cl-].c1cc[cH-]c1. The van der Waals surface area contributed by atoms with Crippen LogP contribution in [0.1, 0.15) is 88.5 Å². The van der Waals surface area contributed by atoms with Gasteiger partial charge >= 0.3 is 79.8 Å². The molecule has 0 fully saturated rings. The Hall–Kier alpha value is -0.443. The molecule has 0 nitrogen and oxygen atoms in total. The Labute approximate surface area is 302 Å². The Morgan fingerprint density at radius 1 is 0.886 bits per heavy atom. The summed E-state index contributed by atoms with van der Waals surface area (Å²) in [6, 6.07) is 23.5. The molecule has 244 valence electrons. The fourth-order valence-electron chi connectivity index (χ4n) is 5.86. The van der Waals surface area contributed by atoms with Crippen LogP contribution in [0.2, 0.25) is 44.8 Å². The standard InChI is InChI=1S/C25H37Si2.C9H18.C5H5.2ClH.Zr/c1-17(19(3)26(4,5)6)12-20-10-11-23-22(14-20)15-21-13-18(2)25(16-24(21)23)27(7,8)9;1-3-5-7-9-8-6-4-2;1-2-4-5-3-1;;;/h10-11,13,16-17,19H,12,15H2,1-9H3;3-8H2,1-2H3;1-5H;2*1H;/q-1;;-1;;;+2/p-2. The van der Waals surface area contributed by atoms with E-state index < -0.39 is 16.1 Å². The van der Waals surface area contributed by atoms with Crippen LogP contribution >= 0.6 is 0 Å². The van der Waals surface area contributed by atoms with Gasteiger partial charge in [-0.1, -0.05) is 81.6 Å². The van der Waals surface area contributed by atoms with Crippen molar-refractivity contribution < 1.29 is 49.0 Å². The molecule has 0 saturated carbocycles. The summed E-state index contributed by atoms with van der Waals surface area (Å²) in [4.78, 5) is 0. The number of benzene rings is 2. The van der Waals surface area contributed by atoms with Crippen molar-refractivity contribution in [1.82, 2.24) is 0 Å². The maximum Gasteiger partial charge on any atom is 0.0779 e. The van der Waals surface area contributed by atoms with Crippen molar-refractivity contribution in [2.75, 3.05) is 0 Å². The van der Waals surface area contributed by atoms with Crippen LogP contribution in [-0.2, 0) is 37.1 Å². The van der Waals surface area contributed by atoms with Gasteiger partial charge in [0, 0.05) is 8.07 Å². The van der Waals surface area contributed by atoms with Gasteiger partial charge in [0.25, 0.3) is 0 Å². The quantitative estimate of drug-likeness (QED) is 0.144. The monoisotopic (exact) mass is 744 g/mol. The molecule has 2 unspecified atom stereocenters. The second-order valence-corrected chi connectivity index (χ2v) is 27.2. The van der Waals surface area contributed by atoms with Crippen molar-refractivity contribution in [3.63, 3.8) is 0 Å². The Morgan fingerprint density at radius 3 is 1.91 bits per heavy atom. The molecule has 2 atom stereocenters. The zero-order valence-electron chi connectivity index (χ0n) is 29.8. The second-order valence-electron chi connectivity index (χ2n) is 14.7. The topological polar surface area (TPSA) is 0 Å². The molecule has 0 amide bonds. The Bertz CT molecular complexity index is 1210. The number of unbranched alkanes of at least 4 members (excludes halogenated alkanes) is 2. The fraction of sp³-hybridized carbons (Fsp3) is 0.538. The molecule has 1 aliphatic rings. The van der Waals surface area contributed by atoms with Gasteiger partial charge in [0.1, 0.15) is 0 Å². The summed E-state index contributed by atoms with van der Waals surface area (Å²) in [5, 5.41) is 1.61. The molecule has 1 aliphatic carbocycles. The molecule has 3 aromatic rings. The molecule has 0 bridgehead atoms. The fourth-order valence-corrected chi connectivity index (χ4v) is 10.4. The summed E-state index contributed by atoms with van der Waals surface area (Å²) in [6.45, 7) is 26.6. The van der Waals surface area contributed by atoms with Crippen molar-refractivity contribution in [3.8, 4) is 11.1 Å². The molecule has 0 N–H and O–H groups in total. The zero-order chi connectivity index (χ0) is 31.5. The predicted octanol–water partition coefficient (Wildman–Crippen LogP) is 5.32. The first kappa shape index (κ1) is 43.6. The number of hydrogen-bond acceptors (Lipinski definition) is 0. The van der Waals surface area contributed by atoms with Gasteiger partial charge in [-0.15, -0.1) is 11.1 Å². The molecule has 4 rings (SSSR count). The van der Waals surface area contributed by atoms with Crippen LogP contribution in [0, 0.1) is 18.9 Å². The number of rotatable bonds is 11. The Kier molecular flexibility index (Phi) is 20.5. The second kappa shape index (κ2) is 20.7. The van der Waals surface area contributed by atoms with E-state index in [2.05, 4.69) is 104 Å². The average Bonchev–Trinajstić information content (AvgIpc) is 3.60. The van der Waals surface area contributed by atoms with Gasteiger partial charge in [0.05, 0.1) is 8.07 Å². The van der Waals surface area contributed by atoms with Gasteiger partial charge in [0.2, 0.25) is 0 Å². The van der Waals surface area contributed by atoms with Crippen molar-refractivity contribution in [3.05, 3.63) is 82.9 Å². The summed E-state index contributed by atoms with van der Waals surface area (Å²) < 4.78 is 1.79. The summed E-state index contributed by atoms with van der Waals surface area (Å²) >= 11 is 1.67. The van der Waals surface area contributed by atoms with Gasteiger partial charge in [-0.2, -0.15) is 42.0 Å². The van der Waals surface area contributed by atoms with Crippen LogP contribution in [0.3, 0.4) is 0 Å². The third-order valence-electron chi connectivity index (χ3n) is 8.98. The zero-order valence-corrected chi connectivity index (χ0v) is 35.7. The van der Waals surface area contributed by atoms with E-state index in [0.717, 1.165) is 24.3 Å². The van der Waals surface area contributed by atoms with Gasteiger partial charge in [0.15, 0.2) is 0 Å². The number of halogens is 2. The predicted molar refractivity (Wildman–Crippen MR) is 193 cm³/mol. The van der Waals surface area contributed by atoms with E-state index in [1.54, 1.807) is 32.6 Å². The normalized spacial score (nSPS) is 13.0. The molecule has 0 heterocycles. The summed E-state index contributed by atoms with van der Waals surface area (Å²) in [6.07, 6.45) is 10.5. The van der Waals surface area contributed by atoms with Crippen molar-refractivity contribution >= 4 is 24.5 Å². The average molecular weight is 747 g/mol. The molecular formula is C39H60Cl2Si2Zr-2. The molecule has 0 spiro atoms. The Balaban J connectivity index is 0.000000902. The van der Waals surface area contributed by atoms with Crippen LogP contribution in [0.5, 0.6) is 0 Å². The molecule has 3 aromatic carbocycles. The first-order valence-electron chi connectivity index (χ1n) is 16.6. The third kappa shape index (κ3) is 14.1.